The highest BCUT2D eigenvalue weighted by Crippen LogP contribution is 2.40. The van der Waals surface area contributed by atoms with Crippen LogP contribution >= 0.6 is 18.5 Å². The third-order valence-electron chi connectivity index (χ3n) is 8.27. The molecule has 1 fully saturated rings. The van der Waals surface area contributed by atoms with Gasteiger partial charge in [-0.15, -0.1) is 11.3 Å². The summed E-state index contributed by atoms with van der Waals surface area (Å²) in [6.45, 7) is 12.8. The van der Waals surface area contributed by atoms with Crippen LogP contribution in [0.5, 0.6) is 5.75 Å². The van der Waals surface area contributed by atoms with Crippen LogP contribution in [0.1, 0.15) is 54.5 Å². The lowest BCUT2D eigenvalue weighted by atomic mass is 10.2. The Kier molecular flexibility index (Phi) is 11.0. The minimum absolute atomic E-state index is 0.00665. The summed E-state index contributed by atoms with van der Waals surface area (Å²) in [5.74, 6) is -1.97. The first-order chi connectivity index (χ1) is 21.7. The van der Waals surface area contributed by atoms with E-state index < -0.39 is 48.8 Å². The first-order valence-electron chi connectivity index (χ1n) is 15.3. The highest BCUT2D eigenvalue weighted by atomic mass is 32.2. The average Bonchev–Trinajstić information content (AvgIpc) is 3.66. The monoisotopic (exact) mass is 726 g/mol. The van der Waals surface area contributed by atoms with Gasteiger partial charge in [0.25, 0.3) is 19.8 Å². The van der Waals surface area contributed by atoms with Gasteiger partial charge in [-0.2, -0.15) is 0 Å². The number of benzene rings is 1. The van der Waals surface area contributed by atoms with Gasteiger partial charge in [-0.1, -0.05) is 32.9 Å². The molecule has 11 nitrogen and oxygen atoms in total. The summed E-state index contributed by atoms with van der Waals surface area (Å²) in [6.07, 6.45) is 1.27. The summed E-state index contributed by atoms with van der Waals surface area (Å²) in [7, 11) is -7.91. The van der Waals surface area contributed by atoms with Crippen LogP contribution in [0.2, 0.25) is 18.1 Å². The van der Waals surface area contributed by atoms with Gasteiger partial charge in [-0.3, -0.25) is 14.2 Å². The van der Waals surface area contributed by atoms with Crippen molar-refractivity contribution in [2.24, 2.45) is 0 Å². The maximum absolute atomic E-state index is 14.2. The molecular weight excluding hydrogens is 683 g/mol. The standard InChI is InChI=1S/C31H44FN4O7PS2Si/c1-31(2,3)47(7,8)43-27-26(28(37)33-19-21-9-11-22(32)12-10-21)34-30(35(20-42-4)29(27)38)36(23-13-14-23)46(40,41)18-17-24-15-16-25(45-24)44(5,6)39/h9-12,15-16,23H,13-14,17-20H2,1-8H3,(H,33,37). The van der Waals surface area contributed by atoms with E-state index in [-0.39, 0.29) is 47.9 Å². The van der Waals surface area contributed by atoms with Gasteiger partial charge < -0.3 is 19.0 Å². The number of ether oxygens (including phenoxy) is 1. The second kappa shape index (κ2) is 13.9. The van der Waals surface area contributed by atoms with Gasteiger partial charge in [-0.25, -0.2) is 22.1 Å². The molecule has 3 aromatic rings. The minimum Gasteiger partial charge on any atom is -0.538 e. The molecule has 1 aliphatic rings. The molecule has 0 spiro atoms. The van der Waals surface area contributed by atoms with E-state index in [9.17, 15) is 27.0 Å². The van der Waals surface area contributed by atoms with Gasteiger partial charge in [-0.05, 0) is 80.6 Å². The SMILES string of the molecule is COCn1c(N(C2CC2)S(=O)(=O)CCc2ccc(P(C)(C)=O)s2)nc(C(=O)NCc2ccc(F)cc2)c(O[Si](C)(C)C(C)(C)C)c1=O. The van der Waals surface area contributed by atoms with Crippen molar-refractivity contribution in [3.05, 3.63) is 68.7 Å². The third kappa shape index (κ3) is 8.80. The first kappa shape index (κ1) is 37.0. The van der Waals surface area contributed by atoms with Crippen molar-refractivity contribution in [1.29, 1.82) is 0 Å². The number of anilines is 1. The summed E-state index contributed by atoms with van der Waals surface area (Å²) in [5.41, 5.74) is -0.463. The Balaban J connectivity index is 1.80. The van der Waals surface area contributed by atoms with Crippen molar-refractivity contribution in [1.82, 2.24) is 14.9 Å². The molecule has 0 radical (unpaired) electrons. The van der Waals surface area contributed by atoms with Crippen LogP contribution in [-0.2, 0) is 39.0 Å². The predicted octanol–water partition coefficient (Wildman–Crippen LogP) is 5.15. The number of sulfonamides is 1. The number of nitrogens with zero attached hydrogens (tertiary/aromatic N) is 3. The van der Waals surface area contributed by atoms with Crippen LogP contribution in [0.3, 0.4) is 0 Å². The van der Waals surface area contributed by atoms with E-state index in [2.05, 4.69) is 10.3 Å². The Hall–Kier alpha value is -2.84. The van der Waals surface area contributed by atoms with E-state index in [1.165, 1.54) is 42.7 Å². The van der Waals surface area contributed by atoms with Crippen LogP contribution in [-0.4, -0.2) is 64.4 Å². The highest BCUT2D eigenvalue weighted by Gasteiger charge is 2.44. The van der Waals surface area contributed by atoms with Gasteiger partial charge in [0.05, 0.1) is 10.4 Å². The van der Waals surface area contributed by atoms with Crippen LogP contribution in [0, 0.1) is 5.82 Å². The molecule has 0 unspecified atom stereocenters. The number of carbonyl (C=O) groups excluding carboxylic acids is 1. The maximum atomic E-state index is 14.2. The van der Waals surface area contributed by atoms with Crippen molar-refractivity contribution in [2.45, 2.75) is 77.5 Å². The molecule has 1 aliphatic carbocycles. The topological polar surface area (TPSA) is 137 Å². The molecule has 0 bridgehead atoms. The molecule has 258 valence electrons. The Bertz CT molecular complexity index is 1830. The Morgan fingerprint density at radius 2 is 1.81 bits per heavy atom. The van der Waals surface area contributed by atoms with E-state index in [0.29, 0.717) is 23.0 Å². The zero-order valence-electron chi connectivity index (χ0n) is 28.1. The summed E-state index contributed by atoms with van der Waals surface area (Å²) in [6, 6.07) is 8.69. The van der Waals surface area contributed by atoms with E-state index in [4.69, 9.17) is 9.16 Å². The molecule has 1 saturated carbocycles. The number of amides is 1. The molecule has 47 heavy (non-hydrogen) atoms. The van der Waals surface area contributed by atoms with Gasteiger partial charge in [0.1, 0.15) is 19.7 Å². The van der Waals surface area contributed by atoms with E-state index in [0.717, 1.165) is 13.7 Å². The van der Waals surface area contributed by atoms with E-state index in [1.54, 1.807) is 25.5 Å². The molecule has 4 rings (SSSR count). The van der Waals surface area contributed by atoms with Crippen molar-refractivity contribution < 1.29 is 31.3 Å². The summed E-state index contributed by atoms with van der Waals surface area (Å²) in [4.78, 5) is 33.4. The molecule has 2 heterocycles. The Morgan fingerprint density at radius 3 is 2.34 bits per heavy atom. The molecule has 16 heteroatoms. The largest absolute Gasteiger partial charge is 0.538 e. The van der Waals surface area contributed by atoms with E-state index >= 15 is 0 Å². The lowest BCUT2D eigenvalue weighted by Gasteiger charge is -2.36. The number of methoxy groups -OCH3 is 1. The average molecular weight is 727 g/mol. The number of aryl methyl sites for hydroxylation is 1. The summed E-state index contributed by atoms with van der Waals surface area (Å²) >= 11 is 1.32. The fraction of sp³-hybridized carbons (Fsp3) is 0.516. The molecule has 0 aliphatic heterocycles. The zero-order chi connectivity index (χ0) is 34.9. The summed E-state index contributed by atoms with van der Waals surface area (Å²) < 4.78 is 68.8. The van der Waals surface area contributed by atoms with Crippen LogP contribution in [0.15, 0.2) is 41.2 Å². The number of thiophene rings is 1. The smallest absolute Gasteiger partial charge is 0.298 e. The molecular formula is C31H44FN4O7PS2Si. The maximum Gasteiger partial charge on any atom is 0.298 e. The lowest BCUT2D eigenvalue weighted by molar-refractivity contribution is 0.0940. The molecule has 2 aromatic heterocycles. The van der Waals surface area contributed by atoms with Gasteiger partial charge in [0.2, 0.25) is 21.7 Å². The fourth-order valence-electron chi connectivity index (χ4n) is 4.40. The second-order valence-corrected chi connectivity index (χ2v) is 24.9. The predicted molar refractivity (Wildman–Crippen MR) is 187 cm³/mol. The first-order valence-corrected chi connectivity index (χ1v) is 23.2. The fourth-order valence-corrected chi connectivity index (χ4v) is 9.67. The van der Waals surface area contributed by atoms with Crippen molar-refractivity contribution in [3.63, 3.8) is 0 Å². The van der Waals surface area contributed by atoms with Gasteiger partial charge in [0, 0.05) is 24.6 Å². The number of halogens is 1. The molecule has 1 aromatic carbocycles. The van der Waals surface area contributed by atoms with Crippen LogP contribution < -0.4 is 24.2 Å². The number of rotatable bonds is 14. The summed E-state index contributed by atoms with van der Waals surface area (Å²) in [5, 5.41) is 2.38. The number of carbonyl (C=O) groups is 1. The lowest BCUT2D eigenvalue weighted by Crippen LogP contribution is -2.47. The molecule has 0 atom stereocenters. The Morgan fingerprint density at radius 1 is 1.17 bits per heavy atom. The molecule has 1 amide bonds. The van der Waals surface area contributed by atoms with Crippen LogP contribution in [0.4, 0.5) is 10.3 Å². The second-order valence-electron chi connectivity index (χ2n) is 13.6. The quantitative estimate of drug-likeness (QED) is 0.178. The van der Waals surface area contributed by atoms with Gasteiger partial charge >= 0.3 is 0 Å². The third-order valence-corrected chi connectivity index (χ3v) is 18.1. The van der Waals surface area contributed by atoms with Crippen molar-refractivity contribution in [3.8, 4) is 5.75 Å². The number of hydrogen-bond donors (Lipinski definition) is 1. The number of hydrogen-bond acceptors (Lipinski definition) is 9. The number of nitrogens with one attached hydrogen (secondary N) is 1. The normalized spacial score (nSPS) is 14.2. The van der Waals surface area contributed by atoms with E-state index in [1.807, 2.05) is 33.9 Å². The van der Waals surface area contributed by atoms with Gasteiger partial charge in [0.15, 0.2) is 5.69 Å². The van der Waals surface area contributed by atoms with Crippen molar-refractivity contribution >= 4 is 53.3 Å². The van der Waals surface area contributed by atoms with Crippen molar-refractivity contribution in [2.75, 3.05) is 30.5 Å². The Labute approximate surface area is 281 Å². The number of aromatic nitrogens is 2. The zero-order valence-corrected chi connectivity index (χ0v) is 31.7. The van der Waals surface area contributed by atoms with Crippen LogP contribution in [0.25, 0.3) is 0 Å². The molecule has 0 saturated heterocycles. The molecule has 1 N–H and O–H groups in total. The highest BCUT2D eigenvalue weighted by molar-refractivity contribution is 7.92. The minimum atomic E-state index is -4.07.